The zero-order valence-electron chi connectivity index (χ0n) is 15.3. The molecule has 0 saturated carbocycles. The largest absolute Gasteiger partial charge is 0.497 e. The molecular weight excluding hydrogens is 304 g/mol. The predicted molar refractivity (Wildman–Crippen MR) is 105 cm³/mol. The van der Waals surface area contributed by atoms with Crippen molar-refractivity contribution in [2.24, 2.45) is 5.92 Å². The van der Waals surface area contributed by atoms with E-state index in [1.807, 2.05) is 0 Å². The fraction of sp³-hybridized carbons (Fsp3) is 0.250. The third kappa shape index (κ3) is 3.07. The molecule has 3 aromatic carbocycles. The molecular formula is C24H26O. The molecule has 0 N–H and O–H groups in total. The topological polar surface area (TPSA) is 9.23 Å². The summed E-state index contributed by atoms with van der Waals surface area (Å²) in [5.41, 5.74) is 3.80. The van der Waals surface area contributed by atoms with Crippen LogP contribution in [0.1, 0.15) is 37.0 Å². The van der Waals surface area contributed by atoms with E-state index in [-0.39, 0.29) is 5.41 Å². The molecule has 0 heterocycles. The zero-order chi connectivity index (χ0) is 17.7. The zero-order valence-corrected chi connectivity index (χ0v) is 15.3. The van der Waals surface area contributed by atoms with Crippen LogP contribution in [-0.2, 0) is 5.41 Å². The molecule has 0 aromatic heterocycles. The molecule has 128 valence electrons. The average molecular weight is 330 g/mol. The first kappa shape index (κ1) is 17.3. The van der Waals surface area contributed by atoms with Gasteiger partial charge in [0.15, 0.2) is 0 Å². The first-order valence-corrected chi connectivity index (χ1v) is 8.99. The van der Waals surface area contributed by atoms with Crippen LogP contribution in [0.5, 0.6) is 5.75 Å². The van der Waals surface area contributed by atoms with Crippen LogP contribution in [0, 0.1) is 5.92 Å². The predicted octanol–water partition coefficient (Wildman–Crippen LogP) is 6.08. The van der Waals surface area contributed by atoms with E-state index in [2.05, 4.69) is 98.8 Å². The molecule has 0 fully saturated rings. The molecule has 3 rings (SSSR count). The van der Waals surface area contributed by atoms with Crippen molar-refractivity contribution in [1.82, 2.24) is 0 Å². The molecule has 0 spiro atoms. The summed E-state index contributed by atoms with van der Waals surface area (Å²) < 4.78 is 5.38. The highest BCUT2D eigenvalue weighted by Crippen LogP contribution is 2.46. The second kappa shape index (κ2) is 7.57. The van der Waals surface area contributed by atoms with Gasteiger partial charge in [0.05, 0.1) is 7.11 Å². The van der Waals surface area contributed by atoms with Crippen molar-refractivity contribution in [1.29, 1.82) is 0 Å². The lowest BCUT2D eigenvalue weighted by Gasteiger charge is -2.41. The van der Waals surface area contributed by atoms with Gasteiger partial charge in [-0.2, -0.15) is 0 Å². The summed E-state index contributed by atoms with van der Waals surface area (Å²) in [4.78, 5) is 0. The Labute approximate surface area is 151 Å². The second-order valence-corrected chi connectivity index (χ2v) is 6.58. The molecule has 1 atom stereocenters. The summed E-state index contributed by atoms with van der Waals surface area (Å²) in [6, 6.07) is 30.3. The minimum absolute atomic E-state index is 0.177. The van der Waals surface area contributed by atoms with Crippen molar-refractivity contribution in [2.75, 3.05) is 7.11 Å². The van der Waals surface area contributed by atoms with Crippen LogP contribution >= 0.6 is 0 Å². The SMILES string of the molecule is CCC(C)C(c1ccccc1)(c1ccccc1)c1ccc(OC)cc1. The fourth-order valence-electron chi connectivity index (χ4n) is 3.92. The highest BCUT2D eigenvalue weighted by molar-refractivity contribution is 5.52. The van der Waals surface area contributed by atoms with Crippen LogP contribution in [-0.4, -0.2) is 7.11 Å². The summed E-state index contributed by atoms with van der Waals surface area (Å²) in [6.07, 6.45) is 1.09. The highest BCUT2D eigenvalue weighted by Gasteiger charge is 2.40. The van der Waals surface area contributed by atoms with Crippen molar-refractivity contribution in [2.45, 2.75) is 25.7 Å². The number of benzene rings is 3. The molecule has 0 saturated heterocycles. The quantitative estimate of drug-likeness (QED) is 0.498. The second-order valence-electron chi connectivity index (χ2n) is 6.58. The number of hydrogen-bond donors (Lipinski definition) is 0. The fourth-order valence-corrected chi connectivity index (χ4v) is 3.92. The monoisotopic (exact) mass is 330 g/mol. The van der Waals surface area contributed by atoms with E-state index in [1.54, 1.807) is 7.11 Å². The molecule has 0 bridgehead atoms. The summed E-state index contributed by atoms with van der Waals surface area (Å²) >= 11 is 0. The van der Waals surface area contributed by atoms with Crippen LogP contribution in [0.15, 0.2) is 84.9 Å². The van der Waals surface area contributed by atoms with Gasteiger partial charge in [-0.1, -0.05) is 93.1 Å². The molecule has 0 aliphatic rings. The molecule has 1 nitrogen and oxygen atoms in total. The van der Waals surface area contributed by atoms with Gasteiger partial charge >= 0.3 is 0 Å². The van der Waals surface area contributed by atoms with Crippen molar-refractivity contribution >= 4 is 0 Å². The molecule has 0 amide bonds. The van der Waals surface area contributed by atoms with Gasteiger partial charge < -0.3 is 4.74 Å². The Morgan fingerprint density at radius 3 is 1.56 bits per heavy atom. The minimum Gasteiger partial charge on any atom is -0.497 e. The number of rotatable bonds is 6. The van der Waals surface area contributed by atoms with E-state index in [9.17, 15) is 0 Å². The lowest BCUT2D eigenvalue weighted by Crippen LogP contribution is -2.36. The number of methoxy groups -OCH3 is 1. The lowest BCUT2D eigenvalue weighted by molar-refractivity contribution is 0.389. The molecule has 0 aliphatic heterocycles. The Bertz CT molecular complexity index is 736. The molecule has 1 unspecified atom stereocenters. The van der Waals surface area contributed by atoms with Gasteiger partial charge in [0.2, 0.25) is 0 Å². The highest BCUT2D eigenvalue weighted by atomic mass is 16.5. The van der Waals surface area contributed by atoms with Gasteiger partial charge in [0, 0.05) is 5.41 Å². The average Bonchev–Trinajstić information content (AvgIpc) is 2.70. The maximum Gasteiger partial charge on any atom is 0.118 e. The molecule has 0 radical (unpaired) electrons. The van der Waals surface area contributed by atoms with Crippen LogP contribution in [0.2, 0.25) is 0 Å². The maximum atomic E-state index is 5.38. The minimum atomic E-state index is -0.177. The summed E-state index contributed by atoms with van der Waals surface area (Å²) in [5, 5.41) is 0. The van der Waals surface area contributed by atoms with Crippen LogP contribution in [0.4, 0.5) is 0 Å². The van der Waals surface area contributed by atoms with Crippen molar-refractivity contribution in [3.05, 3.63) is 102 Å². The molecule has 1 heteroatoms. The van der Waals surface area contributed by atoms with E-state index in [1.165, 1.54) is 16.7 Å². The van der Waals surface area contributed by atoms with Crippen LogP contribution in [0.3, 0.4) is 0 Å². The molecule has 0 aliphatic carbocycles. The smallest absolute Gasteiger partial charge is 0.118 e. The van der Waals surface area contributed by atoms with E-state index in [4.69, 9.17) is 4.74 Å². The van der Waals surface area contributed by atoms with Crippen LogP contribution in [0.25, 0.3) is 0 Å². The van der Waals surface area contributed by atoms with E-state index < -0.39 is 0 Å². The van der Waals surface area contributed by atoms with Gasteiger partial charge in [-0.05, 0) is 34.7 Å². The number of hydrogen-bond acceptors (Lipinski definition) is 1. The van der Waals surface area contributed by atoms with Gasteiger partial charge in [0.25, 0.3) is 0 Å². The van der Waals surface area contributed by atoms with Crippen molar-refractivity contribution in [3.63, 3.8) is 0 Å². The summed E-state index contributed by atoms with van der Waals surface area (Å²) in [7, 11) is 1.71. The maximum absolute atomic E-state index is 5.38. The Kier molecular flexibility index (Phi) is 5.23. The van der Waals surface area contributed by atoms with E-state index >= 15 is 0 Å². The van der Waals surface area contributed by atoms with E-state index in [0.717, 1.165) is 12.2 Å². The Morgan fingerprint density at radius 1 is 0.720 bits per heavy atom. The third-order valence-corrected chi connectivity index (χ3v) is 5.36. The Hall–Kier alpha value is -2.54. The van der Waals surface area contributed by atoms with Gasteiger partial charge in [-0.15, -0.1) is 0 Å². The van der Waals surface area contributed by atoms with Crippen molar-refractivity contribution in [3.8, 4) is 5.75 Å². The summed E-state index contributed by atoms with van der Waals surface area (Å²) in [6.45, 7) is 4.62. The first-order chi connectivity index (χ1) is 12.2. The van der Waals surface area contributed by atoms with Gasteiger partial charge in [-0.25, -0.2) is 0 Å². The standard InChI is InChI=1S/C24H26O/c1-4-19(2)24(20-11-7-5-8-12-20,21-13-9-6-10-14-21)22-15-17-23(25-3)18-16-22/h5-19H,4H2,1-3H3. The summed E-state index contributed by atoms with van der Waals surface area (Å²) in [5.74, 6) is 1.34. The third-order valence-electron chi connectivity index (χ3n) is 5.36. The van der Waals surface area contributed by atoms with Crippen LogP contribution < -0.4 is 4.74 Å². The molecule has 3 aromatic rings. The van der Waals surface area contributed by atoms with Gasteiger partial charge in [-0.3, -0.25) is 0 Å². The number of ether oxygens (including phenoxy) is 1. The first-order valence-electron chi connectivity index (χ1n) is 8.99. The Morgan fingerprint density at radius 2 is 1.16 bits per heavy atom. The normalized spacial score (nSPS) is 12.6. The van der Waals surface area contributed by atoms with E-state index in [0.29, 0.717) is 5.92 Å². The lowest BCUT2D eigenvalue weighted by atomic mass is 9.61. The van der Waals surface area contributed by atoms with Gasteiger partial charge in [0.1, 0.15) is 5.75 Å². The van der Waals surface area contributed by atoms with Crippen molar-refractivity contribution < 1.29 is 4.74 Å². The molecule has 25 heavy (non-hydrogen) atoms. The Balaban J connectivity index is 2.32.